The van der Waals surface area contributed by atoms with Gasteiger partial charge in [-0.3, -0.25) is 9.10 Å². The fourth-order valence-electron chi connectivity index (χ4n) is 3.44. The lowest BCUT2D eigenvalue weighted by Crippen LogP contribution is -2.39. The molecule has 0 aliphatic carbocycles. The van der Waals surface area contributed by atoms with Crippen molar-refractivity contribution >= 4 is 51.0 Å². The van der Waals surface area contributed by atoms with Crippen LogP contribution in [0.5, 0.6) is 5.75 Å². The van der Waals surface area contributed by atoms with Crippen molar-refractivity contribution in [3.05, 3.63) is 124 Å². The highest BCUT2D eigenvalue weighted by molar-refractivity contribution is 7.92. The lowest BCUT2D eigenvalue weighted by molar-refractivity contribution is -0.119. The first-order chi connectivity index (χ1) is 18.3. The third-order valence-corrected chi connectivity index (χ3v) is 7.93. The molecule has 0 spiro atoms. The van der Waals surface area contributed by atoms with Gasteiger partial charge in [-0.25, -0.2) is 13.8 Å². The number of hydrogen-bond donors (Lipinski definition) is 1. The minimum Gasteiger partial charge on any atom is -0.489 e. The van der Waals surface area contributed by atoms with Crippen LogP contribution in [0, 0.1) is 0 Å². The number of sulfonamides is 1. The molecule has 0 heterocycles. The molecule has 0 saturated carbocycles. The Morgan fingerprint density at radius 2 is 1.53 bits per heavy atom. The van der Waals surface area contributed by atoms with E-state index in [9.17, 15) is 13.2 Å². The van der Waals surface area contributed by atoms with Gasteiger partial charge in [0.15, 0.2) is 0 Å². The lowest BCUT2D eigenvalue weighted by atomic mass is 10.2. The second-order valence-corrected chi connectivity index (χ2v) is 10.7. The zero-order chi connectivity index (χ0) is 27.0. The summed E-state index contributed by atoms with van der Waals surface area (Å²) in [6.07, 6.45) is 1.45. The topological polar surface area (TPSA) is 88.1 Å². The Kier molecular flexibility index (Phi) is 9.02. The molecule has 7 nitrogen and oxygen atoms in total. The first kappa shape index (κ1) is 27.2. The van der Waals surface area contributed by atoms with Crippen LogP contribution < -0.4 is 14.5 Å². The number of benzene rings is 4. The maximum Gasteiger partial charge on any atom is 0.264 e. The summed E-state index contributed by atoms with van der Waals surface area (Å²) in [6, 6.07) is 29.3. The van der Waals surface area contributed by atoms with Crippen molar-refractivity contribution < 1.29 is 17.9 Å². The molecule has 0 radical (unpaired) electrons. The Hall–Kier alpha value is -3.85. The van der Waals surface area contributed by atoms with Gasteiger partial charge in [-0.1, -0.05) is 77.8 Å². The van der Waals surface area contributed by atoms with Gasteiger partial charge in [-0.2, -0.15) is 5.10 Å². The van der Waals surface area contributed by atoms with Crippen LogP contribution in [0.4, 0.5) is 5.69 Å². The summed E-state index contributed by atoms with van der Waals surface area (Å²) < 4.78 is 33.5. The number of hydrazone groups is 1. The van der Waals surface area contributed by atoms with Gasteiger partial charge in [-0.15, -0.1) is 0 Å². The quantitative estimate of drug-likeness (QED) is 0.190. The molecule has 0 aromatic heterocycles. The fraction of sp³-hybridized carbons (Fsp3) is 0.0714. The van der Waals surface area contributed by atoms with Crippen LogP contribution >= 0.6 is 23.2 Å². The molecule has 1 N–H and O–H groups in total. The maximum absolute atomic E-state index is 13.4. The number of nitrogens with one attached hydrogen (secondary N) is 1. The molecule has 10 heteroatoms. The van der Waals surface area contributed by atoms with E-state index in [0.29, 0.717) is 17.9 Å². The largest absolute Gasteiger partial charge is 0.489 e. The van der Waals surface area contributed by atoms with Gasteiger partial charge in [-0.05, 0) is 59.7 Å². The fourth-order valence-corrected chi connectivity index (χ4v) is 5.34. The molecule has 4 aromatic rings. The van der Waals surface area contributed by atoms with Crippen LogP contribution in [0.1, 0.15) is 11.1 Å². The zero-order valence-corrected chi connectivity index (χ0v) is 22.3. The third kappa shape index (κ3) is 6.92. The summed E-state index contributed by atoms with van der Waals surface area (Å²) >= 11 is 12.4. The Balaban J connectivity index is 1.43. The number of halogens is 2. The normalized spacial score (nSPS) is 11.3. The van der Waals surface area contributed by atoms with Gasteiger partial charge in [0.2, 0.25) is 0 Å². The molecule has 0 saturated heterocycles. The van der Waals surface area contributed by atoms with Gasteiger partial charge in [0.05, 0.1) is 26.8 Å². The average Bonchev–Trinajstić information content (AvgIpc) is 2.94. The first-order valence-electron chi connectivity index (χ1n) is 11.4. The van der Waals surface area contributed by atoms with E-state index in [2.05, 4.69) is 10.5 Å². The molecule has 4 rings (SSSR count). The number of nitrogens with zero attached hydrogens (tertiary/aromatic N) is 2. The van der Waals surface area contributed by atoms with Crippen molar-refractivity contribution in [1.29, 1.82) is 0 Å². The second kappa shape index (κ2) is 12.6. The summed E-state index contributed by atoms with van der Waals surface area (Å²) in [5.41, 5.74) is 4.22. The molecule has 0 fully saturated rings. The van der Waals surface area contributed by atoms with E-state index in [0.717, 1.165) is 9.87 Å². The molecule has 0 bridgehead atoms. The minimum atomic E-state index is -4.13. The number of hydrogen-bond acceptors (Lipinski definition) is 5. The summed E-state index contributed by atoms with van der Waals surface area (Å²) in [7, 11) is -4.13. The van der Waals surface area contributed by atoms with Crippen LogP contribution in [-0.4, -0.2) is 27.1 Å². The molecule has 194 valence electrons. The monoisotopic (exact) mass is 567 g/mol. The molecule has 1 amide bonds. The summed E-state index contributed by atoms with van der Waals surface area (Å²) in [6.45, 7) is -0.121. The standard InChI is InChI=1S/C28H23Cl2N3O4S/c29-25-12-7-13-26(28(25)30)33(38(35,36)24-10-5-2-6-11-24)19-27(34)32-31-18-21-14-16-23(17-15-21)37-20-22-8-3-1-4-9-22/h1-18H,19-20H2,(H,32,34)/b31-18-. The minimum absolute atomic E-state index is 0.00177. The van der Waals surface area contributed by atoms with Gasteiger partial charge >= 0.3 is 0 Å². The predicted molar refractivity (Wildman–Crippen MR) is 150 cm³/mol. The van der Waals surface area contributed by atoms with E-state index < -0.39 is 22.5 Å². The van der Waals surface area contributed by atoms with Crippen LogP contribution in [0.15, 0.2) is 113 Å². The van der Waals surface area contributed by atoms with E-state index >= 15 is 0 Å². The number of carbonyl (C=O) groups excluding carboxylic acids is 1. The van der Waals surface area contributed by atoms with Crippen LogP contribution in [-0.2, 0) is 21.4 Å². The Labute approximate surface area is 231 Å². The SMILES string of the molecule is O=C(CN(c1cccc(Cl)c1Cl)S(=O)(=O)c1ccccc1)N/N=C\c1ccc(OCc2ccccc2)cc1. The highest BCUT2D eigenvalue weighted by atomic mass is 35.5. The maximum atomic E-state index is 13.4. The highest BCUT2D eigenvalue weighted by Crippen LogP contribution is 2.35. The molecule has 0 aliphatic rings. The number of rotatable bonds is 10. The number of ether oxygens (including phenoxy) is 1. The Bertz CT molecular complexity index is 1520. The molecule has 0 unspecified atom stereocenters. The van der Waals surface area contributed by atoms with Crippen molar-refractivity contribution in [3.8, 4) is 5.75 Å². The number of carbonyl (C=O) groups is 1. The third-order valence-electron chi connectivity index (χ3n) is 5.35. The van der Waals surface area contributed by atoms with E-state index in [4.69, 9.17) is 27.9 Å². The van der Waals surface area contributed by atoms with Crippen molar-refractivity contribution in [3.63, 3.8) is 0 Å². The number of amides is 1. The van der Waals surface area contributed by atoms with Gasteiger partial charge in [0.1, 0.15) is 18.9 Å². The molecule has 38 heavy (non-hydrogen) atoms. The summed E-state index contributed by atoms with van der Waals surface area (Å²) in [5.74, 6) is 0.0230. The van der Waals surface area contributed by atoms with Gasteiger partial charge < -0.3 is 4.74 Å². The van der Waals surface area contributed by atoms with Crippen molar-refractivity contribution in [1.82, 2.24) is 5.43 Å². The van der Waals surface area contributed by atoms with Crippen LogP contribution in [0.3, 0.4) is 0 Å². The van der Waals surface area contributed by atoms with E-state index in [1.807, 2.05) is 30.3 Å². The van der Waals surface area contributed by atoms with Crippen molar-refractivity contribution in [2.24, 2.45) is 5.10 Å². The van der Waals surface area contributed by atoms with Crippen molar-refractivity contribution in [2.75, 3.05) is 10.8 Å². The van der Waals surface area contributed by atoms with E-state index in [1.54, 1.807) is 48.5 Å². The predicted octanol–water partition coefficient (Wildman–Crippen LogP) is 5.92. The first-order valence-corrected chi connectivity index (χ1v) is 13.6. The number of anilines is 1. The molecular weight excluding hydrogens is 545 g/mol. The highest BCUT2D eigenvalue weighted by Gasteiger charge is 2.29. The van der Waals surface area contributed by atoms with E-state index in [-0.39, 0.29) is 20.6 Å². The van der Waals surface area contributed by atoms with Crippen LogP contribution in [0.25, 0.3) is 0 Å². The van der Waals surface area contributed by atoms with E-state index in [1.165, 1.54) is 30.5 Å². The average molecular weight is 568 g/mol. The molecular formula is C28H23Cl2N3O4S. The smallest absolute Gasteiger partial charge is 0.264 e. The molecule has 0 atom stereocenters. The summed E-state index contributed by atoms with van der Waals surface area (Å²) in [5, 5.41) is 4.13. The second-order valence-electron chi connectivity index (χ2n) is 8.03. The molecule has 4 aromatic carbocycles. The van der Waals surface area contributed by atoms with Crippen LogP contribution in [0.2, 0.25) is 10.0 Å². The van der Waals surface area contributed by atoms with Crippen molar-refractivity contribution in [2.45, 2.75) is 11.5 Å². The van der Waals surface area contributed by atoms with Gasteiger partial charge in [0, 0.05) is 0 Å². The summed E-state index contributed by atoms with van der Waals surface area (Å²) in [4.78, 5) is 12.7. The Morgan fingerprint density at radius 1 is 0.868 bits per heavy atom. The lowest BCUT2D eigenvalue weighted by Gasteiger charge is -2.24. The zero-order valence-electron chi connectivity index (χ0n) is 20.0. The Morgan fingerprint density at radius 3 is 2.21 bits per heavy atom. The molecule has 0 aliphatic heterocycles. The van der Waals surface area contributed by atoms with Gasteiger partial charge in [0.25, 0.3) is 15.9 Å².